The van der Waals surface area contributed by atoms with E-state index in [2.05, 4.69) is 9.98 Å². The van der Waals surface area contributed by atoms with Crippen LogP contribution in [0, 0.1) is 5.82 Å². The summed E-state index contributed by atoms with van der Waals surface area (Å²) in [5.41, 5.74) is 8.09. The Bertz CT molecular complexity index is 811. The Kier molecular flexibility index (Phi) is 3.86. The van der Waals surface area contributed by atoms with Crippen molar-refractivity contribution in [3.05, 3.63) is 48.3 Å². The van der Waals surface area contributed by atoms with Crippen LogP contribution in [-0.2, 0) is 0 Å². The van der Waals surface area contributed by atoms with Gasteiger partial charge in [0.1, 0.15) is 16.7 Å². The largest absolute Gasteiger partial charge is 0.386 e. The fourth-order valence-corrected chi connectivity index (χ4v) is 2.95. The summed E-state index contributed by atoms with van der Waals surface area (Å²) in [6, 6.07) is 12.1. The molecule has 21 heavy (non-hydrogen) atoms. The zero-order valence-corrected chi connectivity index (χ0v) is 12.5. The molecule has 0 aliphatic rings. The van der Waals surface area contributed by atoms with Crippen LogP contribution in [-0.4, -0.2) is 16.7 Å². The van der Waals surface area contributed by atoms with E-state index in [4.69, 9.17) is 17.3 Å². The van der Waals surface area contributed by atoms with E-state index in [0.717, 1.165) is 26.5 Å². The van der Waals surface area contributed by atoms with E-state index in [1.807, 2.05) is 24.3 Å². The molecular weight excluding hydrogens is 309 g/mol. The molecule has 3 aromatic rings. The highest BCUT2D eigenvalue weighted by Crippen LogP contribution is 2.31. The van der Waals surface area contributed by atoms with Crippen LogP contribution in [0.15, 0.2) is 47.5 Å². The number of nitrogens with zero attached hydrogens (tertiary/aromatic N) is 2. The van der Waals surface area contributed by atoms with Crippen LogP contribution < -0.4 is 5.73 Å². The van der Waals surface area contributed by atoms with Gasteiger partial charge in [-0.2, -0.15) is 0 Å². The van der Waals surface area contributed by atoms with Gasteiger partial charge in [0.15, 0.2) is 0 Å². The van der Waals surface area contributed by atoms with Gasteiger partial charge < -0.3 is 5.73 Å². The van der Waals surface area contributed by atoms with E-state index in [0.29, 0.717) is 5.84 Å². The Labute approximate surface area is 129 Å². The lowest BCUT2D eigenvalue weighted by Gasteiger charge is -1.98. The standard InChI is InChI=1S/C15H11ClFN3S/c16-8-14(18)19-11-4-1-9(2-5-11)15-20-12-6-3-10(17)7-13(12)21-15/h1-7H,8H2,(H2,18,19). The number of benzene rings is 2. The molecule has 0 bridgehead atoms. The highest BCUT2D eigenvalue weighted by atomic mass is 35.5. The second-order valence-electron chi connectivity index (χ2n) is 4.41. The van der Waals surface area contributed by atoms with E-state index >= 15 is 0 Å². The Balaban J connectivity index is 1.95. The quantitative estimate of drug-likeness (QED) is 0.444. The molecule has 0 atom stereocenters. The lowest BCUT2D eigenvalue weighted by atomic mass is 10.2. The zero-order valence-electron chi connectivity index (χ0n) is 10.9. The Morgan fingerprint density at radius 2 is 2.00 bits per heavy atom. The molecule has 0 radical (unpaired) electrons. The minimum atomic E-state index is -0.251. The van der Waals surface area contributed by atoms with Crippen LogP contribution in [0.5, 0.6) is 0 Å². The summed E-state index contributed by atoms with van der Waals surface area (Å²) in [6.45, 7) is 0. The molecule has 106 valence electrons. The van der Waals surface area contributed by atoms with E-state index in [1.54, 1.807) is 6.07 Å². The molecule has 0 fully saturated rings. The first-order valence-corrected chi connectivity index (χ1v) is 7.56. The summed E-state index contributed by atoms with van der Waals surface area (Å²) in [4.78, 5) is 8.66. The normalized spacial score (nSPS) is 12.0. The Morgan fingerprint density at radius 1 is 1.24 bits per heavy atom. The van der Waals surface area contributed by atoms with E-state index in [-0.39, 0.29) is 11.7 Å². The van der Waals surface area contributed by atoms with Gasteiger partial charge >= 0.3 is 0 Å². The van der Waals surface area contributed by atoms with Crippen molar-refractivity contribution < 1.29 is 4.39 Å². The number of amidine groups is 1. The minimum Gasteiger partial charge on any atom is -0.386 e. The number of halogens is 2. The van der Waals surface area contributed by atoms with Crippen LogP contribution in [0.1, 0.15) is 0 Å². The first-order valence-electron chi connectivity index (χ1n) is 6.21. The monoisotopic (exact) mass is 319 g/mol. The molecule has 3 nitrogen and oxygen atoms in total. The van der Waals surface area contributed by atoms with Crippen LogP contribution in [0.25, 0.3) is 20.8 Å². The van der Waals surface area contributed by atoms with E-state index in [1.165, 1.54) is 23.5 Å². The molecule has 0 spiro atoms. The molecule has 1 heterocycles. The number of hydrogen-bond donors (Lipinski definition) is 1. The number of aliphatic imine (C=N–C) groups is 1. The van der Waals surface area contributed by atoms with Crippen LogP contribution >= 0.6 is 22.9 Å². The SMILES string of the molecule is NC(CCl)=Nc1ccc(-c2nc3ccc(F)cc3s2)cc1. The van der Waals surface area contributed by atoms with Crippen LogP contribution in [0.2, 0.25) is 0 Å². The fraction of sp³-hybridized carbons (Fsp3) is 0.0667. The summed E-state index contributed by atoms with van der Waals surface area (Å²) >= 11 is 7.05. The maximum absolute atomic E-state index is 13.2. The Hall–Kier alpha value is -1.98. The predicted molar refractivity (Wildman–Crippen MR) is 87.0 cm³/mol. The lowest BCUT2D eigenvalue weighted by Crippen LogP contribution is -2.12. The van der Waals surface area contributed by atoms with Gasteiger partial charge in [-0.15, -0.1) is 22.9 Å². The average Bonchev–Trinajstić information content (AvgIpc) is 2.90. The average molecular weight is 320 g/mol. The van der Waals surface area contributed by atoms with Crippen molar-refractivity contribution in [3.63, 3.8) is 0 Å². The fourth-order valence-electron chi connectivity index (χ4n) is 1.90. The smallest absolute Gasteiger partial charge is 0.124 e. The number of thiazole rings is 1. The van der Waals surface area contributed by atoms with Gasteiger partial charge in [-0.3, -0.25) is 0 Å². The first kappa shape index (κ1) is 14.0. The highest BCUT2D eigenvalue weighted by Gasteiger charge is 2.07. The van der Waals surface area contributed by atoms with E-state index < -0.39 is 0 Å². The molecule has 2 aromatic carbocycles. The summed E-state index contributed by atoms with van der Waals surface area (Å²) in [7, 11) is 0. The van der Waals surface area contributed by atoms with Crippen molar-refractivity contribution in [2.24, 2.45) is 10.7 Å². The maximum Gasteiger partial charge on any atom is 0.124 e. The number of hydrogen-bond acceptors (Lipinski definition) is 3. The molecule has 0 saturated carbocycles. The van der Waals surface area contributed by atoms with Gasteiger partial charge in [0.2, 0.25) is 0 Å². The molecule has 2 N–H and O–H groups in total. The first-order chi connectivity index (χ1) is 10.2. The molecule has 1 aromatic heterocycles. The number of alkyl halides is 1. The van der Waals surface area contributed by atoms with Crippen molar-refractivity contribution in [2.45, 2.75) is 0 Å². The summed E-state index contributed by atoms with van der Waals surface area (Å²) < 4.78 is 14.0. The third-order valence-corrected chi connectivity index (χ3v) is 4.22. The molecule has 3 rings (SSSR count). The second-order valence-corrected chi connectivity index (χ2v) is 5.71. The van der Waals surface area contributed by atoms with Gasteiger partial charge in [-0.25, -0.2) is 14.4 Å². The van der Waals surface area contributed by atoms with E-state index in [9.17, 15) is 4.39 Å². The van der Waals surface area contributed by atoms with Gasteiger partial charge in [-0.05, 0) is 42.5 Å². The summed E-state index contributed by atoms with van der Waals surface area (Å²) in [6.07, 6.45) is 0. The number of nitrogens with two attached hydrogens (primary N) is 1. The molecule has 0 unspecified atom stereocenters. The number of rotatable bonds is 3. The highest BCUT2D eigenvalue weighted by molar-refractivity contribution is 7.21. The topological polar surface area (TPSA) is 51.3 Å². The zero-order chi connectivity index (χ0) is 14.8. The predicted octanol–water partition coefficient (Wildman–Crippen LogP) is 4.33. The molecule has 6 heteroatoms. The van der Waals surface area contributed by atoms with Crippen molar-refractivity contribution in [1.82, 2.24) is 4.98 Å². The molecule has 0 saturated heterocycles. The van der Waals surface area contributed by atoms with Crippen LogP contribution in [0.4, 0.5) is 10.1 Å². The molecular formula is C15H11ClFN3S. The minimum absolute atomic E-state index is 0.200. The lowest BCUT2D eigenvalue weighted by molar-refractivity contribution is 0.630. The Morgan fingerprint density at radius 3 is 2.71 bits per heavy atom. The molecule has 0 aliphatic heterocycles. The summed E-state index contributed by atoms with van der Waals surface area (Å²) in [5, 5.41) is 0.844. The van der Waals surface area contributed by atoms with Crippen molar-refractivity contribution in [3.8, 4) is 10.6 Å². The van der Waals surface area contributed by atoms with Gasteiger partial charge in [0, 0.05) is 5.56 Å². The molecule has 0 amide bonds. The number of fused-ring (bicyclic) bond motifs is 1. The summed E-state index contributed by atoms with van der Waals surface area (Å²) in [5.74, 6) is 0.323. The third-order valence-electron chi connectivity index (χ3n) is 2.87. The van der Waals surface area contributed by atoms with Gasteiger partial charge in [-0.1, -0.05) is 0 Å². The van der Waals surface area contributed by atoms with Crippen LogP contribution in [0.3, 0.4) is 0 Å². The van der Waals surface area contributed by atoms with Crippen molar-refractivity contribution in [1.29, 1.82) is 0 Å². The maximum atomic E-state index is 13.2. The van der Waals surface area contributed by atoms with Crippen molar-refractivity contribution in [2.75, 3.05) is 5.88 Å². The second kappa shape index (κ2) is 5.79. The number of aromatic nitrogens is 1. The van der Waals surface area contributed by atoms with Crippen molar-refractivity contribution >= 4 is 44.7 Å². The van der Waals surface area contributed by atoms with Gasteiger partial charge in [0.25, 0.3) is 0 Å². The molecule has 0 aliphatic carbocycles. The third kappa shape index (κ3) is 3.04. The van der Waals surface area contributed by atoms with Gasteiger partial charge in [0.05, 0.1) is 21.8 Å².